The summed E-state index contributed by atoms with van der Waals surface area (Å²) in [4.78, 5) is 7.13. The van der Waals surface area contributed by atoms with Crippen molar-refractivity contribution in [3.63, 3.8) is 0 Å². The van der Waals surface area contributed by atoms with Gasteiger partial charge in [-0.2, -0.15) is 0 Å². The Balaban J connectivity index is 1.66. The summed E-state index contributed by atoms with van der Waals surface area (Å²) in [6.45, 7) is 4.45. The first-order chi connectivity index (χ1) is 13.3. The van der Waals surface area contributed by atoms with Gasteiger partial charge in [0.1, 0.15) is 5.75 Å². The van der Waals surface area contributed by atoms with E-state index < -0.39 is 0 Å². The van der Waals surface area contributed by atoms with Crippen molar-refractivity contribution in [2.24, 2.45) is 0 Å². The zero-order valence-corrected chi connectivity index (χ0v) is 16.1. The maximum Gasteiger partial charge on any atom is 0.126 e. The second-order valence-corrected chi connectivity index (χ2v) is 7.18. The Morgan fingerprint density at radius 1 is 0.963 bits per heavy atom. The number of nitrogens with zero attached hydrogens (tertiary/aromatic N) is 2. The molecule has 0 amide bonds. The molecule has 1 aliphatic heterocycles. The van der Waals surface area contributed by atoms with Crippen molar-refractivity contribution in [3.8, 4) is 5.75 Å². The van der Waals surface area contributed by atoms with E-state index in [-0.39, 0.29) is 0 Å². The largest absolute Gasteiger partial charge is 0.496 e. The Bertz CT molecular complexity index is 971. The average Bonchev–Trinajstić information content (AvgIpc) is 2.73. The van der Waals surface area contributed by atoms with Crippen LogP contribution in [0.1, 0.15) is 36.1 Å². The van der Waals surface area contributed by atoms with Crippen LogP contribution < -0.4 is 9.64 Å². The molecule has 2 aromatic carbocycles. The first-order valence-electron chi connectivity index (χ1n) is 9.71. The van der Waals surface area contributed by atoms with Gasteiger partial charge in [0, 0.05) is 30.4 Å². The smallest absolute Gasteiger partial charge is 0.126 e. The minimum Gasteiger partial charge on any atom is -0.496 e. The molecule has 4 rings (SSSR count). The number of hydrogen-bond donors (Lipinski definition) is 0. The molecule has 0 bridgehead atoms. The molecule has 1 saturated heterocycles. The van der Waals surface area contributed by atoms with E-state index in [1.54, 1.807) is 7.11 Å². The normalized spacial score (nSPS) is 14.8. The quantitative estimate of drug-likeness (QED) is 0.597. The second kappa shape index (κ2) is 7.83. The van der Waals surface area contributed by atoms with Gasteiger partial charge in [-0.05, 0) is 60.9 Å². The molecular formula is C24H26N2O. The highest BCUT2D eigenvalue weighted by atomic mass is 16.5. The number of ether oxygens (including phenoxy) is 1. The molecule has 3 nitrogen and oxygen atoms in total. The highest BCUT2D eigenvalue weighted by Crippen LogP contribution is 2.29. The lowest BCUT2D eigenvalue weighted by molar-refractivity contribution is 0.420. The fourth-order valence-corrected chi connectivity index (χ4v) is 3.90. The highest BCUT2D eigenvalue weighted by Gasteiger charge is 2.13. The molecule has 1 aromatic heterocycles. The van der Waals surface area contributed by atoms with Crippen LogP contribution >= 0.6 is 0 Å². The van der Waals surface area contributed by atoms with Gasteiger partial charge in [-0.25, -0.2) is 0 Å². The topological polar surface area (TPSA) is 25.4 Å². The minimum absolute atomic E-state index is 0.906. The molecule has 0 aliphatic carbocycles. The van der Waals surface area contributed by atoms with Gasteiger partial charge in [0.25, 0.3) is 0 Å². The number of fused-ring (bicyclic) bond motifs is 1. The van der Waals surface area contributed by atoms with Crippen molar-refractivity contribution in [1.82, 2.24) is 4.98 Å². The van der Waals surface area contributed by atoms with Crippen LogP contribution in [0.2, 0.25) is 0 Å². The lowest BCUT2D eigenvalue weighted by Gasteiger charge is -2.30. The van der Waals surface area contributed by atoms with Crippen LogP contribution in [0.5, 0.6) is 5.75 Å². The Labute approximate surface area is 161 Å². The fourth-order valence-electron chi connectivity index (χ4n) is 3.90. The molecule has 1 aliphatic rings. The Morgan fingerprint density at radius 2 is 1.74 bits per heavy atom. The third-order valence-corrected chi connectivity index (χ3v) is 5.36. The first-order valence-corrected chi connectivity index (χ1v) is 9.71. The van der Waals surface area contributed by atoms with Crippen molar-refractivity contribution in [3.05, 3.63) is 65.5 Å². The van der Waals surface area contributed by atoms with Crippen LogP contribution in [0.25, 0.3) is 22.9 Å². The molecular weight excluding hydrogens is 332 g/mol. The van der Waals surface area contributed by atoms with E-state index in [4.69, 9.17) is 4.74 Å². The lowest BCUT2D eigenvalue weighted by Crippen LogP contribution is -2.30. The van der Waals surface area contributed by atoms with Gasteiger partial charge >= 0.3 is 0 Å². The number of hydrogen-bond acceptors (Lipinski definition) is 3. The van der Waals surface area contributed by atoms with Gasteiger partial charge in [0.2, 0.25) is 0 Å². The first kappa shape index (κ1) is 17.6. The summed E-state index contributed by atoms with van der Waals surface area (Å²) in [5.41, 5.74) is 4.75. The number of anilines is 1. The van der Waals surface area contributed by atoms with Crippen molar-refractivity contribution in [1.29, 1.82) is 0 Å². The van der Waals surface area contributed by atoms with Crippen LogP contribution in [-0.4, -0.2) is 25.2 Å². The van der Waals surface area contributed by atoms with E-state index in [0.29, 0.717) is 0 Å². The highest BCUT2D eigenvalue weighted by molar-refractivity contribution is 5.96. The van der Waals surface area contributed by atoms with Crippen LogP contribution in [0.15, 0.2) is 48.7 Å². The maximum absolute atomic E-state index is 5.50. The summed E-state index contributed by atoms with van der Waals surface area (Å²) in [7, 11) is 1.72. The van der Waals surface area contributed by atoms with Gasteiger partial charge in [0.15, 0.2) is 0 Å². The zero-order chi connectivity index (χ0) is 18.6. The van der Waals surface area contributed by atoms with Gasteiger partial charge < -0.3 is 9.64 Å². The number of pyridine rings is 1. The monoisotopic (exact) mass is 358 g/mol. The molecule has 0 radical (unpaired) electrons. The maximum atomic E-state index is 5.50. The van der Waals surface area contributed by atoms with Crippen molar-refractivity contribution in [2.45, 2.75) is 26.2 Å². The molecule has 3 aromatic rings. The number of benzene rings is 2. The molecule has 138 valence electrons. The van der Waals surface area contributed by atoms with Crippen LogP contribution in [0, 0.1) is 6.92 Å². The van der Waals surface area contributed by atoms with E-state index >= 15 is 0 Å². The van der Waals surface area contributed by atoms with Crippen molar-refractivity contribution >= 4 is 28.6 Å². The molecule has 0 saturated carbocycles. The third-order valence-electron chi connectivity index (χ3n) is 5.36. The molecule has 2 heterocycles. The predicted molar refractivity (Wildman–Crippen MR) is 114 cm³/mol. The fraction of sp³-hybridized carbons (Fsp3) is 0.292. The zero-order valence-electron chi connectivity index (χ0n) is 16.1. The van der Waals surface area contributed by atoms with Gasteiger partial charge in [-0.15, -0.1) is 0 Å². The molecule has 27 heavy (non-hydrogen) atoms. The Hall–Kier alpha value is -2.81. The van der Waals surface area contributed by atoms with Crippen molar-refractivity contribution < 1.29 is 4.74 Å². The van der Waals surface area contributed by atoms with E-state index in [9.17, 15) is 0 Å². The summed E-state index contributed by atoms with van der Waals surface area (Å²) in [6, 6.07) is 14.7. The van der Waals surface area contributed by atoms with Crippen LogP contribution in [-0.2, 0) is 0 Å². The number of aryl methyl sites for hydroxylation is 1. The Kier molecular flexibility index (Phi) is 5.10. The van der Waals surface area contributed by atoms with Gasteiger partial charge in [0.05, 0.1) is 12.8 Å². The summed E-state index contributed by atoms with van der Waals surface area (Å²) in [5, 5.41) is 2.32. The number of methoxy groups -OCH3 is 1. The molecule has 3 heteroatoms. The average molecular weight is 358 g/mol. The Morgan fingerprint density at radius 3 is 2.56 bits per heavy atom. The van der Waals surface area contributed by atoms with E-state index in [1.807, 2.05) is 18.3 Å². The van der Waals surface area contributed by atoms with Crippen molar-refractivity contribution in [2.75, 3.05) is 25.1 Å². The minimum atomic E-state index is 0.906. The number of aromatic nitrogens is 1. The second-order valence-electron chi connectivity index (χ2n) is 7.18. The summed E-state index contributed by atoms with van der Waals surface area (Å²) < 4.78 is 5.50. The molecule has 0 N–H and O–H groups in total. The standard InChI is InChI=1S/C24H26N2O/c1-18-17-25-20(16-23(18)26-14-4-3-5-15-26)13-12-19-8-6-10-22-21(19)9-7-11-24(22)27-2/h6-13,16-17H,3-5,14-15H2,1-2H3/b13-12-. The van der Waals surface area contributed by atoms with Crippen LogP contribution in [0.3, 0.4) is 0 Å². The summed E-state index contributed by atoms with van der Waals surface area (Å²) in [6.07, 6.45) is 10.2. The third kappa shape index (κ3) is 3.68. The molecule has 0 atom stereocenters. The summed E-state index contributed by atoms with van der Waals surface area (Å²) in [5.74, 6) is 0.906. The molecule has 0 unspecified atom stereocenters. The van der Waals surface area contributed by atoms with E-state index in [2.05, 4.69) is 59.3 Å². The molecule has 0 spiro atoms. The molecule has 1 fully saturated rings. The lowest BCUT2D eigenvalue weighted by atomic mass is 10.0. The number of rotatable bonds is 4. The van der Waals surface area contributed by atoms with Gasteiger partial charge in [-0.3, -0.25) is 4.98 Å². The van der Waals surface area contributed by atoms with E-state index in [1.165, 1.54) is 41.5 Å². The van der Waals surface area contributed by atoms with Gasteiger partial charge in [-0.1, -0.05) is 36.4 Å². The number of piperidine rings is 1. The van der Waals surface area contributed by atoms with Crippen LogP contribution in [0.4, 0.5) is 5.69 Å². The SMILES string of the molecule is COc1cccc2c(/C=C\c3cc(N4CCCCC4)c(C)cn3)cccc12. The summed E-state index contributed by atoms with van der Waals surface area (Å²) >= 11 is 0. The predicted octanol–water partition coefficient (Wildman–Crippen LogP) is 5.71. The van der Waals surface area contributed by atoms with E-state index in [0.717, 1.165) is 29.9 Å².